The van der Waals surface area contributed by atoms with Gasteiger partial charge in [-0.2, -0.15) is 0 Å². The van der Waals surface area contributed by atoms with Gasteiger partial charge in [0.25, 0.3) is 5.91 Å². The standard InChI is InChI=1S/C20H31N3O4/c1-5-8-14-11-12-16(22(14)19(26)27-20(2,3)4)18(25)23(17(24)13-21)15-9-6-7-10-15/h14-16H,6-7,9-13,21H2,1-4H3/t14-,16-/m0/s1. The zero-order valence-corrected chi connectivity index (χ0v) is 16.8. The molecule has 2 fully saturated rings. The molecule has 0 spiro atoms. The van der Waals surface area contributed by atoms with Gasteiger partial charge in [0.2, 0.25) is 5.91 Å². The van der Waals surface area contributed by atoms with Crippen LogP contribution in [-0.4, -0.2) is 58.0 Å². The fourth-order valence-corrected chi connectivity index (χ4v) is 3.86. The number of hydrogen-bond donors (Lipinski definition) is 1. The van der Waals surface area contributed by atoms with Crippen molar-refractivity contribution < 1.29 is 19.1 Å². The number of imide groups is 1. The van der Waals surface area contributed by atoms with Crippen LogP contribution >= 0.6 is 0 Å². The molecule has 1 saturated carbocycles. The third-order valence-corrected chi connectivity index (χ3v) is 4.96. The second kappa shape index (κ2) is 8.75. The summed E-state index contributed by atoms with van der Waals surface area (Å²) in [5.41, 5.74) is 4.87. The molecule has 150 valence electrons. The maximum atomic E-state index is 13.3. The highest BCUT2D eigenvalue weighted by atomic mass is 16.6. The number of amides is 3. The number of nitrogens with zero attached hydrogens (tertiary/aromatic N) is 2. The van der Waals surface area contributed by atoms with Crippen LogP contribution in [0.3, 0.4) is 0 Å². The van der Waals surface area contributed by atoms with E-state index < -0.39 is 23.8 Å². The number of rotatable bonds is 3. The van der Waals surface area contributed by atoms with E-state index in [1.807, 2.05) is 0 Å². The van der Waals surface area contributed by atoms with Crippen LogP contribution in [-0.2, 0) is 14.3 Å². The first-order valence-electron chi connectivity index (χ1n) is 9.69. The van der Waals surface area contributed by atoms with Gasteiger partial charge in [-0.1, -0.05) is 18.8 Å². The maximum absolute atomic E-state index is 13.3. The van der Waals surface area contributed by atoms with Crippen LogP contribution in [0.2, 0.25) is 0 Å². The average Bonchev–Trinajstić information content (AvgIpc) is 3.23. The van der Waals surface area contributed by atoms with Crippen LogP contribution in [0, 0.1) is 11.8 Å². The van der Waals surface area contributed by atoms with Crippen LogP contribution in [0.25, 0.3) is 0 Å². The van der Waals surface area contributed by atoms with Gasteiger partial charge in [0, 0.05) is 6.04 Å². The van der Waals surface area contributed by atoms with Gasteiger partial charge in [-0.25, -0.2) is 4.79 Å². The van der Waals surface area contributed by atoms with Crippen molar-refractivity contribution in [3.63, 3.8) is 0 Å². The Morgan fingerprint density at radius 2 is 1.78 bits per heavy atom. The Labute approximate surface area is 161 Å². The van der Waals surface area contributed by atoms with E-state index in [1.54, 1.807) is 27.7 Å². The average molecular weight is 377 g/mol. The summed E-state index contributed by atoms with van der Waals surface area (Å²) in [6.45, 7) is 6.81. The molecule has 2 aliphatic rings. The van der Waals surface area contributed by atoms with E-state index in [-0.39, 0.29) is 24.4 Å². The number of hydrogen-bond acceptors (Lipinski definition) is 5. The van der Waals surface area contributed by atoms with Gasteiger partial charge in [0.05, 0.1) is 12.6 Å². The molecule has 0 aromatic carbocycles. The van der Waals surface area contributed by atoms with Crippen LogP contribution in [0.5, 0.6) is 0 Å². The van der Waals surface area contributed by atoms with Crippen molar-refractivity contribution in [3.05, 3.63) is 0 Å². The Balaban J connectivity index is 2.30. The molecule has 0 aromatic heterocycles. The molecule has 2 N–H and O–H groups in total. The second-order valence-electron chi connectivity index (χ2n) is 8.14. The minimum absolute atomic E-state index is 0.134. The van der Waals surface area contributed by atoms with E-state index in [0.29, 0.717) is 12.8 Å². The molecule has 1 aliphatic carbocycles. The first-order chi connectivity index (χ1) is 12.7. The molecule has 1 aliphatic heterocycles. The fourth-order valence-electron chi connectivity index (χ4n) is 3.86. The quantitative estimate of drug-likeness (QED) is 0.760. The minimum atomic E-state index is -0.748. The van der Waals surface area contributed by atoms with E-state index in [4.69, 9.17) is 10.5 Å². The van der Waals surface area contributed by atoms with Crippen molar-refractivity contribution >= 4 is 17.9 Å². The van der Waals surface area contributed by atoms with Gasteiger partial charge in [0.15, 0.2) is 0 Å². The lowest BCUT2D eigenvalue weighted by Crippen LogP contribution is -2.55. The van der Waals surface area contributed by atoms with Crippen LogP contribution < -0.4 is 5.73 Å². The van der Waals surface area contributed by atoms with E-state index >= 15 is 0 Å². The maximum Gasteiger partial charge on any atom is 0.411 e. The molecule has 1 heterocycles. The van der Waals surface area contributed by atoms with Crippen molar-refractivity contribution in [1.29, 1.82) is 0 Å². The lowest BCUT2D eigenvalue weighted by atomic mass is 10.1. The molecule has 7 heteroatoms. The molecular formula is C20H31N3O4. The number of nitrogens with two attached hydrogens (primary N) is 1. The summed E-state index contributed by atoms with van der Waals surface area (Å²) in [5, 5.41) is 0. The van der Waals surface area contributed by atoms with Crippen molar-refractivity contribution in [2.45, 2.75) is 89.9 Å². The second-order valence-corrected chi connectivity index (χ2v) is 8.14. The van der Waals surface area contributed by atoms with Crippen molar-refractivity contribution in [2.75, 3.05) is 6.54 Å². The summed E-state index contributed by atoms with van der Waals surface area (Å²) in [4.78, 5) is 41.3. The summed E-state index contributed by atoms with van der Waals surface area (Å²) < 4.78 is 5.51. The first kappa shape index (κ1) is 21.2. The molecule has 1 saturated heterocycles. The zero-order valence-electron chi connectivity index (χ0n) is 16.8. The van der Waals surface area contributed by atoms with E-state index in [1.165, 1.54) is 9.80 Å². The molecule has 7 nitrogen and oxygen atoms in total. The lowest BCUT2D eigenvalue weighted by Gasteiger charge is -2.34. The van der Waals surface area contributed by atoms with E-state index in [9.17, 15) is 14.4 Å². The Hall–Kier alpha value is -2.07. The van der Waals surface area contributed by atoms with Gasteiger partial charge >= 0.3 is 6.09 Å². The topological polar surface area (TPSA) is 92.9 Å². The highest BCUT2D eigenvalue weighted by Crippen LogP contribution is 2.31. The predicted molar refractivity (Wildman–Crippen MR) is 101 cm³/mol. The number of carbonyl (C=O) groups excluding carboxylic acids is 3. The van der Waals surface area contributed by atoms with Crippen molar-refractivity contribution in [1.82, 2.24) is 9.80 Å². The smallest absolute Gasteiger partial charge is 0.411 e. The lowest BCUT2D eigenvalue weighted by molar-refractivity contribution is -0.150. The predicted octanol–water partition coefficient (Wildman–Crippen LogP) is 2.03. The normalized spacial score (nSPS) is 22.9. The third-order valence-electron chi connectivity index (χ3n) is 4.96. The summed E-state index contributed by atoms with van der Waals surface area (Å²) in [5.74, 6) is 5.07. The number of likely N-dealkylation sites (tertiary alicyclic amines) is 1. The first-order valence-corrected chi connectivity index (χ1v) is 9.69. The molecule has 0 bridgehead atoms. The van der Waals surface area contributed by atoms with Gasteiger partial charge in [-0.15, -0.1) is 5.92 Å². The van der Waals surface area contributed by atoms with E-state index in [2.05, 4.69) is 11.8 Å². The Morgan fingerprint density at radius 3 is 2.30 bits per heavy atom. The fraction of sp³-hybridized carbons (Fsp3) is 0.750. The molecule has 27 heavy (non-hydrogen) atoms. The van der Waals surface area contributed by atoms with Crippen molar-refractivity contribution in [3.8, 4) is 11.8 Å². The van der Waals surface area contributed by atoms with Gasteiger partial charge in [-0.05, 0) is 53.4 Å². The highest BCUT2D eigenvalue weighted by molar-refractivity contribution is 6.00. The SMILES string of the molecule is CC#C[C@H]1CC[C@@H](C(=O)N(C(=O)CN)C2CCCC2)N1C(=O)OC(C)(C)C. The molecular weight excluding hydrogens is 346 g/mol. The molecule has 0 radical (unpaired) electrons. The Kier molecular flexibility index (Phi) is 6.88. The zero-order chi connectivity index (χ0) is 20.2. The minimum Gasteiger partial charge on any atom is -0.444 e. The summed E-state index contributed by atoms with van der Waals surface area (Å²) in [6.07, 6.45) is 4.00. The van der Waals surface area contributed by atoms with E-state index in [0.717, 1.165) is 25.7 Å². The van der Waals surface area contributed by atoms with Gasteiger partial charge in [-0.3, -0.25) is 19.4 Å². The largest absolute Gasteiger partial charge is 0.444 e. The number of ether oxygens (including phenoxy) is 1. The third kappa shape index (κ3) is 5.01. The van der Waals surface area contributed by atoms with Gasteiger partial charge < -0.3 is 10.5 Å². The molecule has 2 atom stereocenters. The number of carbonyl (C=O) groups is 3. The van der Waals surface area contributed by atoms with Crippen LogP contribution in [0.4, 0.5) is 4.79 Å². The molecule has 0 aromatic rings. The van der Waals surface area contributed by atoms with Crippen molar-refractivity contribution in [2.24, 2.45) is 5.73 Å². The summed E-state index contributed by atoms with van der Waals surface area (Å²) in [7, 11) is 0. The Morgan fingerprint density at radius 1 is 1.15 bits per heavy atom. The summed E-state index contributed by atoms with van der Waals surface area (Å²) >= 11 is 0. The molecule has 2 rings (SSSR count). The van der Waals surface area contributed by atoms with Crippen LogP contribution in [0.1, 0.15) is 66.2 Å². The Bertz CT molecular complexity index is 638. The highest BCUT2D eigenvalue weighted by Gasteiger charge is 2.46. The van der Waals surface area contributed by atoms with Gasteiger partial charge in [0.1, 0.15) is 11.6 Å². The molecule has 0 unspecified atom stereocenters. The van der Waals surface area contributed by atoms with Crippen LogP contribution in [0.15, 0.2) is 0 Å². The summed E-state index contributed by atoms with van der Waals surface area (Å²) in [6, 6.07) is -1.27. The molecule has 3 amide bonds. The monoisotopic (exact) mass is 377 g/mol.